The molecular formula is C18H16O3. The monoisotopic (exact) mass is 280 g/mol. The average Bonchev–Trinajstić information content (AvgIpc) is 2.90. The van der Waals surface area contributed by atoms with Crippen molar-refractivity contribution in [1.82, 2.24) is 0 Å². The van der Waals surface area contributed by atoms with Crippen LogP contribution in [-0.2, 0) is 6.61 Å². The van der Waals surface area contributed by atoms with E-state index in [4.69, 9.17) is 9.15 Å². The number of Topliss-reactive ketones (excluding diaryl/α,β-unsaturated/α-hetero) is 1. The lowest BCUT2D eigenvalue weighted by Gasteiger charge is -2.08. The highest BCUT2D eigenvalue weighted by atomic mass is 16.5. The number of ether oxygens (including phenoxy) is 1. The average molecular weight is 280 g/mol. The van der Waals surface area contributed by atoms with Gasteiger partial charge in [0.15, 0.2) is 11.5 Å². The lowest BCUT2D eigenvalue weighted by Crippen LogP contribution is -1.95. The molecule has 0 bridgehead atoms. The highest BCUT2D eigenvalue weighted by molar-refractivity contribution is 5.97. The lowest BCUT2D eigenvalue weighted by atomic mass is 10.1. The van der Waals surface area contributed by atoms with Gasteiger partial charge in [0.25, 0.3) is 0 Å². The van der Waals surface area contributed by atoms with Crippen molar-refractivity contribution in [2.45, 2.75) is 20.5 Å². The van der Waals surface area contributed by atoms with Crippen LogP contribution in [0.25, 0.3) is 11.0 Å². The second-order valence-electron chi connectivity index (χ2n) is 5.12. The second kappa shape index (κ2) is 5.44. The summed E-state index contributed by atoms with van der Waals surface area (Å²) in [5.41, 5.74) is 2.82. The van der Waals surface area contributed by atoms with Crippen molar-refractivity contribution in [1.29, 1.82) is 0 Å². The van der Waals surface area contributed by atoms with E-state index >= 15 is 0 Å². The summed E-state index contributed by atoms with van der Waals surface area (Å²) in [6.45, 7) is 3.96. The van der Waals surface area contributed by atoms with Gasteiger partial charge in [0.1, 0.15) is 17.9 Å². The van der Waals surface area contributed by atoms with Gasteiger partial charge in [0.2, 0.25) is 0 Å². The van der Waals surface area contributed by atoms with Crippen molar-refractivity contribution in [2.75, 3.05) is 0 Å². The Morgan fingerprint density at radius 2 is 1.90 bits per heavy atom. The van der Waals surface area contributed by atoms with Crippen LogP contribution in [0.5, 0.6) is 5.75 Å². The third-order valence-electron chi connectivity index (χ3n) is 3.33. The minimum absolute atomic E-state index is 0.0853. The number of fused-ring (bicyclic) bond motifs is 1. The minimum Gasteiger partial charge on any atom is -0.488 e. The van der Waals surface area contributed by atoms with Gasteiger partial charge in [-0.1, -0.05) is 30.3 Å². The maximum Gasteiger partial charge on any atom is 0.194 e. The van der Waals surface area contributed by atoms with Crippen LogP contribution in [0.3, 0.4) is 0 Å². The molecule has 3 aromatic rings. The Morgan fingerprint density at radius 3 is 2.62 bits per heavy atom. The Hall–Kier alpha value is -2.55. The molecule has 21 heavy (non-hydrogen) atoms. The fourth-order valence-corrected chi connectivity index (χ4v) is 2.27. The second-order valence-corrected chi connectivity index (χ2v) is 5.12. The van der Waals surface area contributed by atoms with Crippen LogP contribution in [0.4, 0.5) is 0 Å². The number of rotatable bonds is 4. The van der Waals surface area contributed by atoms with E-state index in [1.54, 1.807) is 6.07 Å². The minimum atomic E-state index is -0.0853. The van der Waals surface area contributed by atoms with E-state index in [-0.39, 0.29) is 5.78 Å². The first-order valence-corrected chi connectivity index (χ1v) is 6.85. The molecule has 0 aliphatic heterocycles. The van der Waals surface area contributed by atoms with Crippen LogP contribution in [0.2, 0.25) is 0 Å². The first-order valence-electron chi connectivity index (χ1n) is 6.85. The standard InChI is InChI=1S/C18H16O3/c1-12-8-17(20-11-14-6-4-3-5-7-14)15-10-16(13(2)19)21-18(15)9-12/h3-10H,11H2,1-2H3. The van der Waals surface area contributed by atoms with E-state index in [0.29, 0.717) is 18.0 Å². The number of carbonyl (C=O) groups is 1. The van der Waals surface area contributed by atoms with Crippen molar-refractivity contribution in [3.63, 3.8) is 0 Å². The van der Waals surface area contributed by atoms with E-state index in [9.17, 15) is 4.79 Å². The van der Waals surface area contributed by atoms with Crippen LogP contribution in [-0.4, -0.2) is 5.78 Å². The van der Waals surface area contributed by atoms with Crippen molar-refractivity contribution in [3.05, 3.63) is 65.4 Å². The quantitative estimate of drug-likeness (QED) is 0.659. The van der Waals surface area contributed by atoms with Gasteiger partial charge >= 0.3 is 0 Å². The van der Waals surface area contributed by atoms with Crippen LogP contribution in [0.15, 0.2) is 52.9 Å². The molecule has 0 aliphatic rings. The van der Waals surface area contributed by atoms with Crippen molar-refractivity contribution >= 4 is 16.8 Å². The van der Waals surface area contributed by atoms with Crippen molar-refractivity contribution in [3.8, 4) is 5.75 Å². The largest absolute Gasteiger partial charge is 0.488 e. The Bertz CT molecular complexity index is 785. The molecule has 0 atom stereocenters. The van der Waals surface area contributed by atoms with Gasteiger partial charge in [-0.3, -0.25) is 4.79 Å². The van der Waals surface area contributed by atoms with Gasteiger partial charge in [-0.2, -0.15) is 0 Å². The molecule has 3 rings (SSSR count). The predicted octanol–water partition coefficient (Wildman–Crippen LogP) is 4.52. The van der Waals surface area contributed by atoms with E-state index in [1.807, 2.05) is 49.4 Å². The summed E-state index contributed by atoms with van der Waals surface area (Å²) >= 11 is 0. The smallest absolute Gasteiger partial charge is 0.194 e. The van der Waals surface area contributed by atoms with Gasteiger partial charge < -0.3 is 9.15 Å². The molecule has 106 valence electrons. The SMILES string of the molecule is CC(=O)c1cc2c(OCc3ccccc3)cc(C)cc2o1. The molecule has 0 saturated carbocycles. The molecule has 0 radical (unpaired) electrons. The number of furan rings is 1. The van der Waals surface area contributed by atoms with Crippen LogP contribution < -0.4 is 4.74 Å². The van der Waals surface area contributed by atoms with E-state index in [2.05, 4.69) is 0 Å². The van der Waals surface area contributed by atoms with Crippen LogP contribution in [0.1, 0.15) is 28.6 Å². The maximum absolute atomic E-state index is 11.5. The first-order chi connectivity index (χ1) is 10.1. The number of aryl methyl sites for hydroxylation is 1. The number of benzene rings is 2. The van der Waals surface area contributed by atoms with E-state index < -0.39 is 0 Å². The maximum atomic E-state index is 11.5. The number of hydrogen-bond donors (Lipinski definition) is 0. The molecule has 0 saturated heterocycles. The highest BCUT2D eigenvalue weighted by Crippen LogP contribution is 2.31. The molecule has 0 N–H and O–H groups in total. The van der Waals surface area contributed by atoms with E-state index in [0.717, 1.165) is 22.3 Å². The van der Waals surface area contributed by atoms with Gasteiger partial charge in [-0.15, -0.1) is 0 Å². The summed E-state index contributed by atoms with van der Waals surface area (Å²) in [6, 6.07) is 15.6. The summed E-state index contributed by atoms with van der Waals surface area (Å²) in [7, 11) is 0. The molecule has 0 amide bonds. The summed E-state index contributed by atoms with van der Waals surface area (Å²) in [4.78, 5) is 11.5. The van der Waals surface area contributed by atoms with Gasteiger partial charge in [-0.05, 0) is 36.2 Å². The topological polar surface area (TPSA) is 39.4 Å². The Morgan fingerprint density at radius 1 is 1.14 bits per heavy atom. The first kappa shape index (κ1) is 13.4. The number of hydrogen-bond acceptors (Lipinski definition) is 3. The summed E-state index contributed by atoms with van der Waals surface area (Å²) in [5, 5.41) is 0.835. The van der Waals surface area contributed by atoms with Gasteiger partial charge in [-0.25, -0.2) is 0 Å². The van der Waals surface area contributed by atoms with Crippen LogP contribution in [0, 0.1) is 6.92 Å². The molecule has 0 fully saturated rings. The molecule has 1 heterocycles. The highest BCUT2D eigenvalue weighted by Gasteiger charge is 2.13. The zero-order valence-electron chi connectivity index (χ0n) is 12.1. The number of carbonyl (C=O) groups excluding carboxylic acids is 1. The summed E-state index contributed by atoms with van der Waals surface area (Å²) < 4.78 is 11.5. The van der Waals surface area contributed by atoms with Gasteiger partial charge in [0, 0.05) is 6.92 Å². The Labute approximate surface area is 123 Å². The summed E-state index contributed by atoms with van der Waals surface area (Å²) in [6.07, 6.45) is 0. The Kier molecular flexibility index (Phi) is 3.48. The molecule has 1 aromatic heterocycles. The van der Waals surface area contributed by atoms with Crippen LogP contribution >= 0.6 is 0 Å². The zero-order chi connectivity index (χ0) is 14.8. The fraction of sp³-hybridized carbons (Fsp3) is 0.167. The van der Waals surface area contributed by atoms with E-state index in [1.165, 1.54) is 6.92 Å². The molecule has 2 aromatic carbocycles. The number of ketones is 1. The molecule has 3 nitrogen and oxygen atoms in total. The zero-order valence-corrected chi connectivity index (χ0v) is 12.1. The lowest BCUT2D eigenvalue weighted by molar-refractivity contribution is 0.0989. The van der Waals surface area contributed by atoms with Crippen molar-refractivity contribution in [2.24, 2.45) is 0 Å². The molecule has 0 unspecified atom stereocenters. The molecular weight excluding hydrogens is 264 g/mol. The summed E-state index contributed by atoms with van der Waals surface area (Å²) in [5.74, 6) is 1.02. The Balaban J connectivity index is 1.95. The molecule has 3 heteroatoms. The predicted molar refractivity (Wildman–Crippen MR) is 81.7 cm³/mol. The van der Waals surface area contributed by atoms with Crippen molar-refractivity contribution < 1.29 is 13.9 Å². The molecule has 0 aliphatic carbocycles. The fourth-order valence-electron chi connectivity index (χ4n) is 2.27. The third kappa shape index (κ3) is 2.82. The normalized spacial score (nSPS) is 10.8. The third-order valence-corrected chi connectivity index (χ3v) is 3.33. The van der Waals surface area contributed by atoms with Gasteiger partial charge in [0.05, 0.1) is 5.39 Å². The molecule has 0 spiro atoms.